The largest absolute Gasteiger partial charge is 0.478 e. The molecular formula is C14H8F2N2O2. The molecule has 0 amide bonds. The second-order valence-electron chi connectivity index (χ2n) is 4.25. The first kappa shape index (κ1) is 12.3. The Morgan fingerprint density at radius 3 is 2.65 bits per heavy atom. The number of imidazole rings is 1. The third-order valence-corrected chi connectivity index (χ3v) is 2.91. The van der Waals surface area contributed by atoms with Gasteiger partial charge in [-0.3, -0.25) is 0 Å². The number of halogens is 2. The van der Waals surface area contributed by atoms with E-state index in [0.717, 1.165) is 12.1 Å². The minimum atomic E-state index is -1.06. The van der Waals surface area contributed by atoms with E-state index in [1.807, 2.05) is 0 Å². The molecule has 0 radical (unpaired) electrons. The van der Waals surface area contributed by atoms with Gasteiger partial charge in [-0.25, -0.2) is 18.6 Å². The van der Waals surface area contributed by atoms with Crippen molar-refractivity contribution >= 4 is 17.0 Å². The number of hydrogen-bond donors (Lipinski definition) is 2. The minimum Gasteiger partial charge on any atom is -0.478 e. The highest BCUT2D eigenvalue weighted by molar-refractivity contribution is 5.89. The molecule has 0 aliphatic rings. The van der Waals surface area contributed by atoms with Crippen molar-refractivity contribution in [2.24, 2.45) is 0 Å². The molecule has 100 valence electrons. The standard InChI is InChI=1S/C14H8F2N2O2/c15-9-5-11-12(6-10(9)16)18-13(17-11)7-2-1-3-8(4-7)14(19)20/h1-6H,(H,17,18)(H,19,20). The lowest BCUT2D eigenvalue weighted by Gasteiger charge is -1.98. The number of benzene rings is 2. The summed E-state index contributed by atoms with van der Waals surface area (Å²) < 4.78 is 26.3. The Morgan fingerprint density at radius 2 is 1.90 bits per heavy atom. The Labute approximate surface area is 111 Å². The summed E-state index contributed by atoms with van der Waals surface area (Å²) in [6, 6.07) is 8.14. The Bertz CT molecular complexity index is 788. The molecule has 0 atom stereocenters. The molecule has 0 saturated heterocycles. The molecule has 0 aliphatic heterocycles. The zero-order valence-corrected chi connectivity index (χ0v) is 10.0. The van der Waals surface area contributed by atoms with Crippen molar-refractivity contribution in [2.45, 2.75) is 0 Å². The number of carbonyl (C=O) groups is 1. The van der Waals surface area contributed by atoms with E-state index in [2.05, 4.69) is 9.97 Å². The maximum atomic E-state index is 13.1. The molecule has 2 aromatic carbocycles. The summed E-state index contributed by atoms with van der Waals surface area (Å²) in [7, 11) is 0. The van der Waals surface area contributed by atoms with Crippen molar-refractivity contribution in [3.63, 3.8) is 0 Å². The third kappa shape index (κ3) is 2.01. The monoisotopic (exact) mass is 274 g/mol. The van der Waals surface area contributed by atoms with E-state index in [-0.39, 0.29) is 11.1 Å². The molecule has 0 bridgehead atoms. The molecule has 0 spiro atoms. The predicted molar refractivity (Wildman–Crippen MR) is 68.4 cm³/mol. The molecule has 0 saturated carbocycles. The first-order valence-corrected chi connectivity index (χ1v) is 5.73. The first-order valence-electron chi connectivity index (χ1n) is 5.73. The fraction of sp³-hybridized carbons (Fsp3) is 0. The van der Waals surface area contributed by atoms with Gasteiger partial charge in [0.25, 0.3) is 0 Å². The maximum absolute atomic E-state index is 13.1. The van der Waals surface area contributed by atoms with E-state index in [0.29, 0.717) is 16.9 Å². The van der Waals surface area contributed by atoms with Crippen molar-refractivity contribution in [1.82, 2.24) is 9.97 Å². The lowest BCUT2D eigenvalue weighted by molar-refractivity contribution is 0.0697. The molecule has 2 N–H and O–H groups in total. The Kier molecular flexibility index (Phi) is 2.71. The average molecular weight is 274 g/mol. The van der Waals surface area contributed by atoms with Gasteiger partial charge in [0.05, 0.1) is 16.6 Å². The predicted octanol–water partition coefficient (Wildman–Crippen LogP) is 3.21. The van der Waals surface area contributed by atoms with E-state index >= 15 is 0 Å². The second-order valence-corrected chi connectivity index (χ2v) is 4.25. The van der Waals surface area contributed by atoms with Crippen LogP contribution in [0.4, 0.5) is 8.78 Å². The molecule has 0 fully saturated rings. The van der Waals surface area contributed by atoms with Gasteiger partial charge in [-0.05, 0) is 12.1 Å². The molecule has 1 heterocycles. The number of aromatic amines is 1. The number of fused-ring (bicyclic) bond motifs is 1. The zero-order valence-electron chi connectivity index (χ0n) is 10.0. The number of rotatable bonds is 2. The van der Waals surface area contributed by atoms with Crippen molar-refractivity contribution in [3.05, 3.63) is 53.6 Å². The van der Waals surface area contributed by atoms with Crippen LogP contribution in [0.3, 0.4) is 0 Å². The molecule has 3 aromatic rings. The van der Waals surface area contributed by atoms with Crippen LogP contribution in [0.5, 0.6) is 0 Å². The van der Waals surface area contributed by atoms with Crippen molar-refractivity contribution in [2.75, 3.05) is 0 Å². The quantitative estimate of drug-likeness (QED) is 0.754. The van der Waals surface area contributed by atoms with Crippen LogP contribution < -0.4 is 0 Å². The number of aromatic nitrogens is 2. The number of carboxylic acids is 1. The Hall–Kier alpha value is -2.76. The number of hydrogen-bond acceptors (Lipinski definition) is 2. The van der Waals surface area contributed by atoms with Gasteiger partial charge in [0.2, 0.25) is 0 Å². The van der Waals surface area contributed by atoms with Crippen molar-refractivity contribution in [1.29, 1.82) is 0 Å². The molecular weight excluding hydrogens is 266 g/mol. The van der Waals surface area contributed by atoms with E-state index < -0.39 is 17.6 Å². The van der Waals surface area contributed by atoms with Crippen LogP contribution in [-0.2, 0) is 0 Å². The highest BCUT2D eigenvalue weighted by Gasteiger charge is 2.11. The van der Waals surface area contributed by atoms with Gasteiger partial charge in [0.1, 0.15) is 5.82 Å². The molecule has 3 rings (SSSR count). The van der Waals surface area contributed by atoms with Crippen LogP contribution >= 0.6 is 0 Å². The molecule has 0 aliphatic carbocycles. The zero-order chi connectivity index (χ0) is 14.3. The third-order valence-electron chi connectivity index (χ3n) is 2.91. The minimum absolute atomic E-state index is 0.111. The SMILES string of the molecule is O=C(O)c1cccc(-c2nc3cc(F)c(F)cc3[nH]2)c1. The second kappa shape index (κ2) is 4.41. The molecule has 1 aromatic heterocycles. The van der Waals surface area contributed by atoms with Gasteiger partial charge in [0, 0.05) is 17.7 Å². The highest BCUT2D eigenvalue weighted by atomic mass is 19.2. The molecule has 20 heavy (non-hydrogen) atoms. The van der Waals surface area contributed by atoms with Crippen LogP contribution in [0.2, 0.25) is 0 Å². The van der Waals surface area contributed by atoms with Gasteiger partial charge in [-0.1, -0.05) is 12.1 Å². The van der Waals surface area contributed by atoms with Crippen LogP contribution in [0.15, 0.2) is 36.4 Å². The van der Waals surface area contributed by atoms with Gasteiger partial charge in [-0.2, -0.15) is 0 Å². The van der Waals surface area contributed by atoms with Gasteiger partial charge >= 0.3 is 5.97 Å². The van der Waals surface area contributed by atoms with E-state index in [1.165, 1.54) is 12.1 Å². The average Bonchev–Trinajstić information content (AvgIpc) is 2.82. The van der Waals surface area contributed by atoms with Gasteiger partial charge in [0.15, 0.2) is 11.6 Å². The summed E-state index contributed by atoms with van der Waals surface area (Å²) in [6.45, 7) is 0. The first-order chi connectivity index (χ1) is 9.54. The summed E-state index contributed by atoms with van der Waals surface area (Å²) in [5.41, 5.74) is 1.27. The molecule has 4 nitrogen and oxygen atoms in total. The summed E-state index contributed by atoms with van der Waals surface area (Å²) in [5, 5.41) is 8.94. The summed E-state index contributed by atoms with van der Waals surface area (Å²) >= 11 is 0. The van der Waals surface area contributed by atoms with Crippen LogP contribution in [0.25, 0.3) is 22.4 Å². The summed E-state index contributed by atoms with van der Waals surface area (Å²) in [5.74, 6) is -2.64. The van der Waals surface area contributed by atoms with E-state index in [1.54, 1.807) is 12.1 Å². The van der Waals surface area contributed by atoms with Crippen LogP contribution in [0.1, 0.15) is 10.4 Å². The summed E-state index contributed by atoms with van der Waals surface area (Å²) in [4.78, 5) is 17.9. The summed E-state index contributed by atoms with van der Waals surface area (Å²) in [6.07, 6.45) is 0. The Morgan fingerprint density at radius 1 is 1.15 bits per heavy atom. The fourth-order valence-electron chi connectivity index (χ4n) is 1.94. The van der Waals surface area contributed by atoms with Gasteiger partial charge in [-0.15, -0.1) is 0 Å². The smallest absolute Gasteiger partial charge is 0.335 e. The van der Waals surface area contributed by atoms with Crippen molar-refractivity contribution in [3.8, 4) is 11.4 Å². The number of nitrogens with zero attached hydrogens (tertiary/aromatic N) is 1. The van der Waals surface area contributed by atoms with Crippen LogP contribution in [0, 0.1) is 11.6 Å². The maximum Gasteiger partial charge on any atom is 0.335 e. The number of carboxylic acid groups (broad SMARTS) is 1. The van der Waals surface area contributed by atoms with Crippen molar-refractivity contribution < 1.29 is 18.7 Å². The van der Waals surface area contributed by atoms with E-state index in [4.69, 9.17) is 5.11 Å². The van der Waals surface area contributed by atoms with Gasteiger partial charge < -0.3 is 10.1 Å². The van der Waals surface area contributed by atoms with E-state index in [9.17, 15) is 13.6 Å². The molecule has 6 heteroatoms. The number of H-pyrrole nitrogens is 1. The highest BCUT2D eigenvalue weighted by Crippen LogP contribution is 2.23. The topological polar surface area (TPSA) is 66.0 Å². The lowest BCUT2D eigenvalue weighted by Crippen LogP contribution is -1.95. The number of nitrogens with one attached hydrogen (secondary N) is 1. The van der Waals surface area contributed by atoms with Crippen LogP contribution in [-0.4, -0.2) is 21.0 Å². The Balaban J connectivity index is 2.15. The lowest BCUT2D eigenvalue weighted by atomic mass is 10.1. The number of aromatic carboxylic acids is 1. The fourth-order valence-corrected chi connectivity index (χ4v) is 1.94. The normalized spacial score (nSPS) is 10.9. The molecule has 0 unspecified atom stereocenters.